The molecule has 2 unspecified atom stereocenters. The first-order valence-corrected chi connectivity index (χ1v) is 8.15. The lowest BCUT2D eigenvalue weighted by Crippen LogP contribution is -2.35. The van der Waals surface area contributed by atoms with Crippen molar-refractivity contribution in [3.05, 3.63) is 0 Å². The standard InChI is InChI=1S/C13H24S2/c1-11-4-2-5-12(8-11)15-10-13(9-14)6-3-7-13/h11-12,14H,2-10H2,1H3. The van der Waals surface area contributed by atoms with Crippen molar-refractivity contribution in [1.82, 2.24) is 0 Å². The molecule has 2 aliphatic carbocycles. The van der Waals surface area contributed by atoms with Crippen molar-refractivity contribution in [2.24, 2.45) is 11.3 Å². The summed E-state index contributed by atoms with van der Waals surface area (Å²) in [7, 11) is 0. The molecule has 2 aliphatic rings. The summed E-state index contributed by atoms with van der Waals surface area (Å²) < 4.78 is 0. The molecule has 0 heterocycles. The van der Waals surface area contributed by atoms with Crippen molar-refractivity contribution in [3.8, 4) is 0 Å². The Kier molecular flexibility index (Phi) is 4.34. The van der Waals surface area contributed by atoms with E-state index in [1.165, 1.54) is 50.7 Å². The maximum absolute atomic E-state index is 4.53. The summed E-state index contributed by atoms with van der Waals surface area (Å²) in [5, 5.41) is 0.964. The smallest absolute Gasteiger partial charge is 0.00498 e. The molecular weight excluding hydrogens is 220 g/mol. The van der Waals surface area contributed by atoms with Gasteiger partial charge in [-0.1, -0.05) is 26.2 Å². The maximum Gasteiger partial charge on any atom is 0.00498 e. The van der Waals surface area contributed by atoms with Gasteiger partial charge in [-0.25, -0.2) is 0 Å². The van der Waals surface area contributed by atoms with Crippen LogP contribution in [0.15, 0.2) is 0 Å². The summed E-state index contributed by atoms with van der Waals surface area (Å²) in [5.41, 5.74) is 0.633. The van der Waals surface area contributed by atoms with Crippen LogP contribution in [0.1, 0.15) is 51.9 Å². The minimum absolute atomic E-state index is 0.633. The van der Waals surface area contributed by atoms with Crippen LogP contribution in [-0.4, -0.2) is 16.8 Å². The van der Waals surface area contributed by atoms with Gasteiger partial charge in [0, 0.05) is 5.25 Å². The van der Waals surface area contributed by atoms with Gasteiger partial charge in [-0.05, 0) is 48.5 Å². The van der Waals surface area contributed by atoms with Gasteiger partial charge < -0.3 is 0 Å². The SMILES string of the molecule is CC1CCCC(SCC2(CS)CCC2)C1. The molecule has 2 fully saturated rings. The Morgan fingerprint density at radius 1 is 1.27 bits per heavy atom. The Labute approximate surface area is 104 Å². The molecule has 0 aromatic rings. The minimum Gasteiger partial charge on any atom is -0.179 e. The van der Waals surface area contributed by atoms with Crippen LogP contribution in [-0.2, 0) is 0 Å². The molecule has 15 heavy (non-hydrogen) atoms. The molecule has 2 heteroatoms. The molecule has 0 amide bonds. The lowest BCUT2D eigenvalue weighted by atomic mass is 9.72. The predicted octanol–water partition coefficient (Wildman–Crippen LogP) is 4.40. The normalized spacial score (nSPS) is 34.8. The maximum atomic E-state index is 4.53. The topological polar surface area (TPSA) is 0 Å². The lowest BCUT2D eigenvalue weighted by molar-refractivity contribution is 0.205. The average molecular weight is 244 g/mol. The third kappa shape index (κ3) is 3.09. The van der Waals surface area contributed by atoms with Gasteiger partial charge in [0.05, 0.1) is 0 Å². The van der Waals surface area contributed by atoms with Gasteiger partial charge in [-0.3, -0.25) is 0 Å². The van der Waals surface area contributed by atoms with E-state index in [4.69, 9.17) is 0 Å². The van der Waals surface area contributed by atoms with Crippen LogP contribution in [0.5, 0.6) is 0 Å². The van der Waals surface area contributed by atoms with Crippen LogP contribution < -0.4 is 0 Å². The van der Waals surface area contributed by atoms with E-state index < -0.39 is 0 Å². The summed E-state index contributed by atoms with van der Waals surface area (Å²) in [6.07, 6.45) is 10.2. The lowest BCUT2D eigenvalue weighted by Gasteiger charge is -2.42. The first kappa shape index (κ1) is 12.2. The monoisotopic (exact) mass is 244 g/mol. The first-order valence-electron chi connectivity index (χ1n) is 6.47. The number of hydrogen-bond donors (Lipinski definition) is 1. The fraction of sp³-hybridized carbons (Fsp3) is 1.00. The van der Waals surface area contributed by atoms with Gasteiger partial charge in [-0.15, -0.1) is 0 Å². The van der Waals surface area contributed by atoms with E-state index in [9.17, 15) is 0 Å². The third-order valence-corrected chi connectivity index (χ3v) is 6.61. The second-order valence-electron chi connectivity index (χ2n) is 5.72. The molecule has 0 nitrogen and oxygen atoms in total. The van der Waals surface area contributed by atoms with E-state index in [2.05, 4.69) is 31.3 Å². The zero-order valence-corrected chi connectivity index (χ0v) is 11.6. The van der Waals surface area contributed by atoms with Crippen molar-refractivity contribution in [2.45, 2.75) is 57.1 Å². The zero-order valence-electron chi connectivity index (χ0n) is 9.87. The van der Waals surface area contributed by atoms with Gasteiger partial charge in [0.25, 0.3) is 0 Å². The number of thioether (sulfide) groups is 1. The molecule has 2 rings (SSSR count). The van der Waals surface area contributed by atoms with Crippen LogP contribution >= 0.6 is 24.4 Å². The van der Waals surface area contributed by atoms with Crippen molar-refractivity contribution in [2.75, 3.05) is 11.5 Å². The predicted molar refractivity (Wildman–Crippen MR) is 74.0 cm³/mol. The number of thiol groups is 1. The average Bonchev–Trinajstić information content (AvgIpc) is 2.17. The molecule has 88 valence electrons. The van der Waals surface area contributed by atoms with Crippen LogP contribution in [0, 0.1) is 11.3 Å². The highest BCUT2D eigenvalue weighted by Crippen LogP contribution is 2.46. The van der Waals surface area contributed by atoms with E-state index in [1.807, 2.05) is 0 Å². The van der Waals surface area contributed by atoms with Crippen LogP contribution in [0.3, 0.4) is 0 Å². The fourth-order valence-electron chi connectivity index (χ4n) is 2.85. The van der Waals surface area contributed by atoms with Crippen molar-refractivity contribution >= 4 is 24.4 Å². The largest absolute Gasteiger partial charge is 0.179 e. The van der Waals surface area contributed by atoms with Gasteiger partial charge in [-0.2, -0.15) is 24.4 Å². The second-order valence-corrected chi connectivity index (χ2v) is 7.32. The van der Waals surface area contributed by atoms with Crippen LogP contribution in [0.4, 0.5) is 0 Å². The molecular formula is C13H24S2. The molecule has 0 radical (unpaired) electrons. The van der Waals surface area contributed by atoms with E-state index in [0.29, 0.717) is 5.41 Å². The summed E-state index contributed by atoms with van der Waals surface area (Å²) >= 11 is 6.79. The van der Waals surface area contributed by atoms with Gasteiger partial charge >= 0.3 is 0 Å². The second kappa shape index (κ2) is 5.35. The van der Waals surface area contributed by atoms with Gasteiger partial charge in [0.1, 0.15) is 0 Å². The van der Waals surface area contributed by atoms with Crippen molar-refractivity contribution < 1.29 is 0 Å². The molecule has 2 saturated carbocycles. The van der Waals surface area contributed by atoms with E-state index >= 15 is 0 Å². The summed E-state index contributed by atoms with van der Waals surface area (Å²) in [6, 6.07) is 0. The van der Waals surface area contributed by atoms with E-state index in [0.717, 1.165) is 16.9 Å². The third-order valence-electron chi connectivity index (χ3n) is 4.26. The minimum atomic E-state index is 0.633. The highest BCUT2D eigenvalue weighted by Gasteiger charge is 2.36. The van der Waals surface area contributed by atoms with Crippen LogP contribution in [0.2, 0.25) is 0 Å². The van der Waals surface area contributed by atoms with Crippen molar-refractivity contribution in [3.63, 3.8) is 0 Å². The van der Waals surface area contributed by atoms with Gasteiger partial charge in [0.15, 0.2) is 0 Å². The Morgan fingerprint density at radius 3 is 2.60 bits per heavy atom. The quantitative estimate of drug-likeness (QED) is 0.715. The molecule has 2 atom stereocenters. The van der Waals surface area contributed by atoms with Gasteiger partial charge in [0.2, 0.25) is 0 Å². The molecule has 0 aromatic heterocycles. The zero-order chi connectivity index (χ0) is 10.7. The first-order chi connectivity index (χ1) is 7.24. The molecule has 0 aromatic carbocycles. The molecule has 0 aliphatic heterocycles. The van der Waals surface area contributed by atoms with E-state index in [1.54, 1.807) is 0 Å². The highest BCUT2D eigenvalue weighted by molar-refractivity contribution is 7.99. The molecule has 0 saturated heterocycles. The highest BCUT2D eigenvalue weighted by atomic mass is 32.2. The van der Waals surface area contributed by atoms with Crippen LogP contribution in [0.25, 0.3) is 0 Å². The Bertz CT molecular complexity index is 193. The molecule has 0 bridgehead atoms. The molecule has 0 spiro atoms. The Hall–Kier alpha value is 0.700. The summed E-state index contributed by atoms with van der Waals surface area (Å²) in [4.78, 5) is 0. The van der Waals surface area contributed by atoms with Crippen molar-refractivity contribution in [1.29, 1.82) is 0 Å². The Balaban J connectivity index is 1.72. The summed E-state index contributed by atoms with van der Waals surface area (Å²) in [5.74, 6) is 3.47. The number of hydrogen-bond acceptors (Lipinski definition) is 2. The summed E-state index contributed by atoms with van der Waals surface area (Å²) in [6.45, 7) is 2.42. The Morgan fingerprint density at radius 2 is 2.07 bits per heavy atom. The number of rotatable bonds is 4. The van der Waals surface area contributed by atoms with E-state index in [-0.39, 0.29) is 0 Å². The molecule has 0 N–H and O–H groups in total. The fourth-order valence-corrected chi connectivity index (χ4v) is 5.21.